The van der Waals surface area contributed by atoms with Gasteiger partial charge in [0.05, 0.1) is 11.6 Å². The molecule has 2 aromatic heterocycles. The van der Waals surface area contributed by atoms with Crippen molar-refractivity contribution in [2.75, 3.05) is 11.4 Å². The highest BCUT2D eigenvalue weighted by molar-refractivity contribution is 5.98. The Morgan fingerprint density at radius 1 is 1.14 bits per heavy atom. The molecule has 1 aliphatic rings. The zero-order valence-electron chi connectivity index (χ0n) is 15.4. The van der Waals surface area contributed by atoms with Crippen LogP contribution >= 0.6 is 0 Å². The van der Waals surface area contributed by atoms with Gasteiger partial charge in [0.1, 0.15) is 0 Å². The van der Waals surface area contributed by atoms with Crippen molar-refractivity contribution in [3.8, 4) is 11.4 Å². The van der Waals surface area contributed by atoms with Crippen LogP contribution in [0.3, 0.4) is 0 Å². The highest BCUT2D eigenvalue weighted by Crippen LogP contribution is 2.22. The number of rotatable bonds is 4. The summed E-state index contributed by atoms with van der Waals surface area (Å²) in [6.45, 7) is 2.43. The van der Waals surface area contributed by atoms with Gasteiger partial charge < -0.3 is 10.2 Å². The molecule has 1 N–H and O–H groups in total. The lowest BCUT2D eigenvalue weighted by atomic mass is 10.2. The number of carbonyl (C=O) groups is 2. The Hall–Kier alpha value is -3.61. The maximum atomic E-state index is 12.5. The number of nitrogens with zero attached hydrogens (tertiary/aromatic N) is 4. The summed E-state index contributed by atoms with van der Waals surface area (Å²) < 4.78 is 0. The lowest BCUT2D eigenvalue weighted by Gasteiger charge is -2.17. The van der Waals surface area contributed by atoms with Crippen molar-refractivity contribution in [3.63, 3.8) is 0 Å². The summed E-state index contributed by atoms with van der Waals surface area (Å²) in [6, 6.07) is 11.1. The van der Waals surface area contributed by atoms with Crippen molar-refractivity contribution in [2.45, 2.75) is 19.4 Å². The molecule has 1 aromatic carbocycles. The van der Waals surface area contributed by atoms with Crippen molar-refractivity contribution in [3.05, 3.63) is 72.3 Å². The van der Waals surface area contributed by atoms with Gasteiger partial charge in [-0.3, -0.25) is 14.6 Å². The molecule has 2 amide bonds. The van der Waals surface area contributed by atoms with Crippen molar-refractivity contribution in [1.29, 1.82) is 0 Å². The number of benzene rings is 1. The minimum atomic E-state index is -0.287. The van der Waals surface area contributed by atoms with Crippen LogP contribution in [0, 0.1) is 6.92 Å². The van der Waals surface area contributed by atoms with E-state index < -0.39 is 0 Å². The Kier molecular flexibility index (Phi) is 4.80. The van der Waals surface area contributed by atoms with Crippen molar-refractivity contribution >= 4 is 17.5 Å². The molecule has 7 nitrogen and oxygen atoms in total. The lowest BCUT2D eigenvalue weighted by molar-refractivity contribution is -0.117. The van der Waals surface area contributed by atoms with Gasteiger partial charge >= 0.3 is 0 Å². The summed E-state index contributed by atoms with van der Waals surface area (Å²) in [5, 5.41) is 2.91. The van der Waals surface area contributed by atoms with Crippen LogP contribution < -0.4 is 10.2 Å². The third-order valence-corrected chi connectivity index (χ3v) is 4.63. The summed E-state index contributed by atoms with van der Waals surface area (Å²) >= 11 is 0. The fourth-order valence-electron chi connectivity index (χ4n) is 3.21. The molecular formula is C21H19N5O2. The lowest BCUT2D eigenvalue weighted by Crippen LogP contribution is -2.37. The quantitative estimate of drug-likeness (QED) is 0.759. The van der Waals surface area contributed by atoms with E-state index in [-0.39, 0.29) is 24.3 Å². The Labute approximate surface area is 162 Å². The molecular weight excluding hydrogens is 354 g/mol. The predicted octanol–water partition coefficient (Wildman–Crippen LogP) is 2.38. The van der Waals surface area contributed by atoms with Crippen LogP contribution in [0.25, 0.3) is 11.4 Å². The Balaban J connectivity index is 1.42. The number of amides is 2. The second-order valence-electron chi connectivity index (χ2n) is 6.75. The van der Waals surface area contributed by atoms with Crippen molar-refractivity contribution in [1.82, 2.24) is 20.3 Å². The third-order valence-electron chi connectivity index (χ3n) is 4.63. The molecule has 0 spiro atoms. The van der Waals surface area contributed by atoms with Gasteiger partial charge in [0.2, 0.25) is 5.91 Å². The minimum absolute atomic E-state index is 0.000171. The van der Waals surface area contributed by atoms with E-state index in [1.165, 1.54) is 12.4 Å². The second-order valence-corrected chi connectivity index (χ2v) is 6.75. The van der Waals surface area contributed by atoms with Gasteiger partial charge in [0, 0.05) is 49.0 Å². The summed E-state index contributed by atoms with van der Waals surface area (Å²) in [6.07, 6.45) is 6.59. The van der Waals surface area contributed by atoms with Gasteiger partial charge in [-0.1, -0.05) is 12.1 Å². The molecule has 3 aromatic rings. The SMILES string of the molecule is Cc1cccc(N2C[C@H](NC(=O)c3cnc(-c4ccncc4)nc3)CC2=O)c1. The third kappa shape index (κ3) is 3.73. The van der Waals surface area contributed by atoms with Crippen LogP contribution in [0.4, 0.5) is 5.69 Å². The van der Waals surface area contributed by atoms with E-state index in [0.717, 1.165) is 16.8 Å². The Morgan fingerprint density at radius 3 is 2.61 bits per heavy atom. The Bertz CT molecular complexity index is 1000. The van der Waals surface area contributed by atoms with Crippen LogP contribution in [0.15, 0.2) is 61.2 Å². The van der Waals surface area contributed by atoms with Gasteiger partial charge in [0.15, 0.2) is 5.82 Å². The van der Waals surface area contributed by atoms with Gasteiger partial charge in [-0.15, -0.1) is 0 Å². The largest absolute Gasteiger partial charge is 0.347 e. The molecule has 140 valence electrons. The molecule has 1 aliphatic heterocycles. The van der Waals surface area contributed by atoms with Gasteiger partial charge in [0.25, 0.3) is 5.91 Å². The highest BCUT2D eigenvalue weighted by Gasteiger charge is 2.31. The molecule has 7 heteroatoms. The van der Waals surface area contributed by atoms with Crippen molar-refractivity contribution in [2.24, 2.45) is 0 Å². The first-order chi connectivity index (χ1) is 13.6. The van der Waals surface area contributed by atoms with Crippen LogP contribution in [-0.4, -0.2) is 39.4 Å². The minimum Gasteiger partial charge on any atom is -0.347 e. The number of pyridine rings is 1. The van der Waals surface area contributed by atoms with Gasteiger partial charge in [-0.2, -0.15) is 0 Å². The summed E-state index contributed by atoms with van der Waals surface area (Å²) in [7, 11) is 0. The average Bonchev–Trinajstić information content (AvgIpc) is 3.09. The fraction of sp³-hybridized carbons (Fsp3) is 0.190. The number of nitrogens with one attached hydrogen (secondary N) is 1. The summed E-state index contributed by atoms with van der Waals surface area (Å²) in [5.41, 5.74) is 3.13. The zero-order valence-corrected chi connectivity index (χ0v) is 15.4. The second kappa shape index (κ2) is 7.56. The summed E-state index contributed by atoms with van der Waals surface area (Å²) in [5.74, 6) is 0.242. The van der Waals surface area contributed by atoms with Crippen LogP contribution in [0.2, 0.25) is 0 Å². The molecule has 0 saturated carbocycles. The van der Waals surface area contributed by atoms with E-state index in [1.54, 1.807) is 29.4 Å². The Morgan fingerprint density at radius 2 is 1.89 bits per heavy atom. The van der Waals surface area contributed by atoms with E-state index in [9.17, 15) is 9.59 Å². The van der Waals surface area contributed by atoms with Gasteiger partial charge in [-0.25, -0.2) is 9.97 Å². The zero-order chi connectivity index (χ0) is 19.5. The average molecular weight is 373 g/mol. The highest BCUT2D eigenvalue weighted by atomic mass is 16.2. The first-order valence-corrected chi connectivity index (χ1v) is 9.00. The fourth-order valence-corrected chi connectivity index (χ4v) is 3.21. The topological polar surface area (TPSA) is 88.1 Å². The van der Waals surface area contributed by atoms with E-state index in [4.69, 9.17) is 0 Å². The number of hydrogen-bond acceptors (Lipinski definition) is 5. The number of carbonyl (C=O) groups excluding carboxylic acids is 2. The number of aryl methyl sites for hydroxylation is 1. The number of hydrogen-bond donors (Lipinski definition) is 1. The molecule has 1 fully saturated rings. The molecule has 4 rings (SSSR count). The molecule has 1 atom stereocenters. The number of aromatic nitrogens is 3. The molecule has 3 heterocycles. The van der Waals surface area contributed by atoms with Gasteiger partial charge in [-0.05, 0) is 36.8 Å². The van der Waals surface area contributed by atoms with Crippen LogP contribution in [0.1, 0.15) is 22.3 Å². The van der Waals surface area contributed by atoms with Crippen molar-refractivity contribution < 1.29 is 9.59 Å². The van der Waals surface area contributed by atoms with E-state index in [0.29, 0.717) is 17.9 Å². The molecule has 1 saturated heterocycles. The molecule has 0 radical (unpaired) electrons. The monoisotopic (exact) mass is 373 g/mol. The molecule has 0 bridgehead atoms. The number of anilines is 1. The standard InChI is InChI=1S/C21H19N5O2/c1-14-3-2-4-18(9-14)26-13-17(10-19(26)27)25-21(28)16-11-23-20(24-12-16)15-5-7-22-8-6-15/h2-9,11-12,17H,10,13H2,1H3,(H,25,28)/t17-/m1/s1. The smallest absolute Gasteiger partial charge is 0.254 e. The molecule has 0 aliphatic carbocycles. The van der Waals surface area contributed by atoms with E-state index in [1.807, 2.05) is 31.2 Å². The van der Waals surface area contributed by atoms with Crippen LogP contribution in [0.5, 0.6) is 0 Å². The molecule has 28 heavy (non-hydrogen) atoms. The maximum Gasteiger partial charge on any atom is 0.254 e. The first kappa shape index (κ1) is 17.8. The normalized spacial score (nSPS) is 16.2. The maximum absolute atomic E-state index is 12.5. The van der Waals surface area contributed by atoms with E-state index in [2.05, 4.69) is 20.3 Å². The first-order valence-electron chi connectivity index (χ1n) is 9.00. The van der Waals surface area contributed by atoms with Crippen LogP contribution in [-0.2, 0) is 4.79 Å². The molecule has 0 unspecified atom stereocenters. The summed E-state index contributed by atoms with van der Waals surface area (Å²) in [4.78, 5) is 39.1. The predicted molar refractivity (Wildman–Crippen MR) is 105 cm³/mol. The van der Waals surface area contributed by atoms with E-state index >= 15 is 0 Å².